The van der Waals surface area contributed by atoms with Crippen molar-refractivity contribution in [2.24, 2.45) is 0 Å². The quantitative estimate of drug-likeness (QED) is 0.152. The molecule has 0 saturated carbocycles. The summed E-state index contributed by atoms with van der Waals surface area (Å²) in [5.41, 5.74) is 0.960. The van der Waals surface area contributed by atoms with Crippen molar-refractivity contribution in [1.82, 2.24) is 15.5 Å². The Kier molecular flexibility index (Phi) is 16.4. The minimum absolute atomic E-state index is 0.0747. The lowest BCUT2D eigenvalue weighted by Crippen LogP contribution is -2.64. The molecule has 12 atom stereocenters. The molecule has 58 heavy (non-hydrogen) atoms. The summed E-state index contributed by atoms with van der Waals surface area (Å²) in [6.07, 6.45) is -14.5. The Bertz CT molecular complexity index is 1650. The van der Waals surface area contributed by atoms with E-state index in [1.165, 1.54) is 26.0 Å². The molecular formula is C40H55N3O15. The number of carbonyl (C=O) groups is 4. The maximum atomic E-state index is 13.0. The lowest BCUT2D eigenvalue weighted by atomic mass is 9.97. The second-order valence-corrected chi connectivity index (χ2v) is 14.6. The third-order valence-corrected chi connectivity index (χ3v) is 10.3. The zero-order valence-electron chi connectivity index (χ0n) is 32.8. The average molecular weight is 818 g/mol. The standard InChI is InChI=1S/C40H55N3O15/c1-4-31(46)43-18-8-16-42-30(45)19-28(41-17-15-27(20-43)55-23(3)44)24-11-13-26(14-12-24)56-40-37(35(50)32(47)22(2)54-40)58-39-36(51)34(49)33(48)29(57-39)21-53-38(52)25-9-6-5-7-10-25/h5-7,9-14,22,27-29,32-37,39-41,47-51H,4,8,15-21H2,1-3H3,(H,42,45)/t22-,27?,28-,29+,32-,33+,34-,35+,36+,37+,39-,40-/m0/s1. The number of nitrogens with one attached hydrogen (secondary N) is 2. The van der Waals surface area contributed by atoms with Crippen LogP contribution < -0.4 is 15.4 Å². The van der Waals surface area contributed by atoms with Crippen LogP contribution >= 0.6 is 0 Å². The SMILES string of the molecule is CCC(=O)N1CCCNC(=O)C[C@@H](c2ccc(O[C@@H]3O[C@@H](C)[C@H](O)[C@@H](O)[C@H]3O[C@@H]3O[C@H](COC(=O)c4ccccc4)[C@@H](O)[C@H](O)[C@H]3O)cc2)NCCC(OC(C)=O)C1. The molecule has 0 spiro atoms. The highest BCUT2D eigenvalue weighted by atomic mass is 16.8. The van der Waals surface area contributed by atoms with Gasteiger partial charge in [-0.15, -0.1) is 0 Å². The molecular weight excluding hydrogens is 762 g/mol. The molecule has 3 aliphatic heterocycles. The minimum atomic E-state index is -1.83. The first-order valence-corrected chi connectivity index (χ1v) is 19.6. The highest BCUT2D eigenvalue weighted by Crippen LogP contribution is 2.31. The molecule has 3 aliphatic rings. The maximum Gasteiger partial charge on any atom is 0.338 e. The van der Waals surface area contributed by atoms with Gasteiger partial charge in [0.25, 0.3) is 0 Å². The van der Waals surface area contributed by atoms with Crippen molar-refractivity contribution in [2.75, 3.05) is 32.8 Å². The number of hydrogen-bond donors (Lipinski definition) is 7. The number of ether oxygens (including phenoxy) is 6. The van der Waals surface area contributed by atoms with Crippen LogP contribution in [0.2, 0.25) is 0 Å². The fraction of sp³-hybridized carbons (Fsp3) is 0.600. The first-order chi connectivity index (χ1) is 27.7. The topological polar surface area (TPSA) is 252 Å². The first kappa shape index (κ1) is 44.9. The van der Waals surface area contributed by atoms with Gasteiger partial charge in [-0.3, -0.25) is 14.4 Å². The number of rotatable bonds is 10. The molecule has 18 nitrogen and oxygen atoms in total. The van der Waals surface area contributed by atoms with Crippen molar-refractivity contribution in [3.63, 3.8) is 0 Å². The Morgan fingerprint density at radius 3 is 2.29 bits per heavy atom. The normalized spacial score (nSPS) is 32.7. The second kappa shape index (κ2) is 21.1. The van der Waals surface area contributed by atoms with E-state index in [9.17, 15) is 44.7 Å². The van der Waals surface area contributed by atoms with Gasteiger partial charge in [0.05, 0.1) is 18.2 Å². The van der Waals surface area contributed by atoms with Crippen LogP contribution in [-0.4, -0.2) is 154 Å². The van der Waals surface area contributed by atoms with Gasteiger partial charge in [0.15, 0.2) is 12.4 Å². The van der Waals surface area contributed by atoms with Crippen molar-refractivity contribution in [2.45, 2.75) is 120 Å². The molecule has 2 amide bonds. The molecule has 5 rings (SSSR count). The number of benzene rings is 2. The van der Waals surface area contributed by atoms with Crippen LogP contribution in [0.3, 0.4) is 0 Å². The van der Waals surface area contributed by atoms with Crippen molar-refractivity contribution < 1.29 is 73.1 Å². The zero-order valence-corrected chi connectivity index (χ0v) is 32.8. The van der Waals surface area contributed by atoms with Crippen molar-refractivity contribution >= 4 is 23.8 Å². The van der Waals surface area contributed by atoms with E-state index in [1.807, 2.05) is 0 Å². The maximum absolute atomic E-state index is 13.0. The van der Waals surface area contributed by atoms with E-state index < -0.39 is 92.1 Å². The van der Waals surface area contributed by atoms with Gasteiger partial charge in [0.1, 0.15) is 55.1 Å². The van der Waals surface area contributed by atoms with E-state index in [1.54, 1.807) is 54.3 Å². The fourth-order valence-electron chi connectivity index (χ4n) is 6.98. The molecule has 3 heterocycles. The van der Waals surface area contributed by atoms with Crippen LogP contribution in [0.5, 0.6) is 5.75 Å². The lowest BCUT2D eigenvalue weighted by Gasteiger charge is -2.45. The number of nitrogens with zero attached hydrogens (tertiary/aromatic N) is 1. The van der Waals surface area contributed by atoms with Crippen LogP contribution in [0.25, 0.3) is 0 Å². The van der Waals surface area contributed by atoms with E-state index in [0.717, 1.165) is 5.56 Å². The molecule has 3 fully saturated rings. The second-order valence-electron chi connectivity index (χ2n) is 14.6. The molecule has 0 aliphatic carbocycles. The Morgan fingerprint density at radius 1 is 0.879 bits per heavy atom. The third-order valence-electron chi connectivity index (χ3n) is 10.3. The number of esters is 2. The highest BCUT2D eigenvalue weighted by Gasteiger charge is 2.51. The number of aliphatic hydroxyl groups is 5. The molecule has 7 N–H and O–H groups in total. The van der Waals surface area contributed by atoms with Crippen LogP contribution in [0.1, 0.15) is 68.4 Å². The predicted octanol–water partition coefficient (Wildman–Crippen LogP) is -0.317. The Labute approximate surface area is 336 Å². The summed E-state index contributed by atoms with van der Waals surface area (Å²) >= 11 is 0. The Balaban J connectivity index is 1.27. The van der Waals surface area contributed by atoms with E-state index >= 15 is 0 Å². The monoisotopic (exact) mass is 817 g/mol. The van der Waals surface area contributed by atoms with Gasteiger partial charge in [-0.2, -0.15) is 0 Å². The van der Waals surface area contributed by atoms with Gasteiger partial charge in [-0.05, 0) is 56.1 Å². The van der Waals surface area contributed by atoms with E-state index in [-0.39, 0.29) is 36.1 Å². The molecule has 0 radical (unpaired) electrons. The summed E-state index contributed by atoms with van der Waals surface area (Å²) in [4.78, 5) is 51.7. The average Bonchev–Trinajstić information content (AvgIpc) is 3.22. The highest BCUT2D eigenvalue weighted by molar-refractivity contribution is 5.89. The van der Waals surface area contributed by atoms with E-state index in [2.05, 4.69) is 10.6 Å². The van der Waals surface area contributed by atoms with Gasteiger partial charge >= 0.3 is 11.9 Å². The van der Waals surface area contributed by atoms with Gasteiger partial charge in [0.2, 0.25) is 18.1 Å². The van der Waals surface area contributed by atoms with Gasteiger partial charge in [-0.1, -0.05) is 37.3 Å². The molecule has 2 aromatic rings. The molecule has 3 saturated heterocycles. The smallest absolute Gasteiger partial charge is 0.338 e. The van der Waals surface area contributed by atoms with Gasteiger partial charge in [-0.25, -0.2) is 4.79 Å². The molecule has 1 unspecified atom stereocenters. The number of amides is 2. The lowest BCUT2D eigenvalue weighted by molar-refractivity contribution is -0.355. The number of hydrogen-bond acceptors (Lipinski definition) is 16. The largest absolute Gasteiger partial charge is 0.462 e. The minimum Gasteiger partial charge on any atom is -0.462 e. The summed E-state index contributed by atoms with van der Waals surface area (Å²) in [7, 11) is 0. The summed E-state index contributed by atoms with van der Waals surface area (Å²) in [5, 5.41) is 60.2. The van der Waals surface area contributed by atoms with Crippen LogP contribution in [0.15, 0.2) is 54.6 Å². The van der Waals surface area contributed by atoms with Crippen molar-refractivity contribution in [3.05, 3.63) is 65.7 Å². The summed E-state index contributed by atoms with van der Waals surface area (Å²) in [5.74, 6) is -1.21. The Hall–Kier alpha value is -4.24. The zero-order chi connectivity index (χ0) is 41.9. The molecule has 0 aromatic heterocycles. The van der Waals surface area contributed by atoms with Crippen molar-refractivity contribution in [3.8, 4) is 5.75 Å². The van der Waals surface area contributed by atoms with E-state index in [0.29, 0.717) is 38.9 Å². The molecule has 2 aromatic carbocycles. The predicted molar refractivity (Wildman–Crippen MR) is 202 cm³/mol. The summed E-state index contributed by atoms with van der Waals surface area (Å²) in [6, 6.07) is 14.3. The van der Waals surface area contributed by atoms with Gasteiger partial charge < -0.3 is 69.5 Å². The van der Waals surface area contributed by atoms with Gasteiger partial charge in [0, 0.05) is 38.9 Å². The summed E-state index contributed by atoms with van der Waals surface area (Å²) < 4.78 is 34.4. The first-order valence-electron chi connectivity index (χ1n) is 19.6. The third kappa shape index (κ3) is 11.9. The number of aliphatic hydroxyl groups excluding tert-OH is 5. The summed E-state index contributed by atoms with van der Waals surface area (Å²) in [6.45, 7) is 5.41. The molecule has 0 bridgehead atoms. The van der Waals surface area contributed by atoms with Crippen molar-refractivity contribution in [1.29, 1.82) is 0 Å². The van der Waals surface area contributed by atoms with E-state index in [4.69, 9.17) is 28.4 Å². The Morgan fingerprint density at radius 2 is 1.60 bits per heavy atom. The molecule has 320 valence electrons. The van der Waals surface area contributed by atoms with Crippen LogP contribution in [0.4, 0.5) is 0 Å². The molecule has 18 heteroatoms. The fourth-order valence-corrected chi connectivity index (χ4v) is 6.98. The van der Waals surface area contributed by atoms with Crippen LogP contribution in [0, 0.1) is 0 Å². The van der Waals surface area contributed by atoms with Crippen LogP contribution in [-0.2, 0) is 38.1 Å². The number of carbonyl (C=O) groups excluding carboxylic acids is 4.